The molecule has 20 heavy (non-hydrogen) atoms. The van der Waals surface area contributed by atoms with Gasteiger partial charge >= 0.3 is 5.97 Å². The van der Waals surface area contributed by atoms with Crippen molar-refractivity contribution in [1.29, 1.82) is 5.26 Å². The van der Waals surface area contributed by atoms with E-state index in [1.807, 2.05) is 6.07 Å². The van der Waals surface area contributed by atoms with Crippen LogP contribution in [0.15, 0.2) is 16.3 Å². The number of esters is 1. The first-order chi connectivity index (χ1) is 9.48. The van der Waals surface area contributed by atoms with Crippen molar-refractivity contribution in [2.24, 2.45) is 0 Å². The molecule has 0 saturated heterocycles. The molecule has 0 unspecified atom stereocenters. The number of thiophene rings is 1. The minimum atomic E-state index is -3.74. The summed E-state index contributed by atoms with van der Waals surface area (Å²) >= 11 is 0.911. The smallest absolute Gasteiger partial charge is 0.321 e. The molecular formula is C12H14N2O4S2. The lowest BCUT2D eigenvalue weighted by Crippen LogP contribution is -2.37. The summed E-state index contributed by atoms with van der Waals surface area (Å²) in [5, 5.41) is 8.77. The Balaban J connectivity index is 2.23. The lowest BCUT2D eigenvalue weighted by molar-refractivity contribution is -0.143. The molecule has 1 saturated carbocycles. The van der Waals surface area contributed by atoms with Gasteiger partial charge in [0.15, 0.2) is 0 Å². The van der Waals surface area contributed by atoms with Crippen LogP contribution in [0, 0.1) is 11.3 Å². The zero-order valence-corrected chi connectivity index (χ0v) is 12.5. The van der Waals surface area contributed by atoms with Gasteiger partial charge < -0.3 is 4.74 Å². The van der Waals surface area contributed by atoms with Crippen LogP contribution in [0.5, 0.6) is 0 Å². The molecule has 0 aliphatic heterocycles. The van der Waals surface area contributed by atoms with E-state index in [2.05, 4.69) is 0 Å². The highest BCUT2D eigenvalue weighted by atomic mass is 32.2. The van der Waals surface area contributed by atoms with Crippen LogP contribution in [0.1, 0.15) is 24.6 Å². The third-order valence-electron chi connectivity index (χ3n) is 2.80. The van der Waals surface area contributed by atoms with Gasteiger partial charge in [0.1, 0.15) is 21.7 Å². The van der Waals surface area contributed by atoms with E-state index in [-0.39, 0.29) is 23.4 Å². The number of rotatable bonds is 6. The summed E-state index contributed by atoms with van der Waals surface area (Å²) in [6, 6.07) is 4.63. The van der Waals surface area contributed by atoms with Gasteiger partial charge in [0.25, 0.3) is 10.0 Å². The summed E-state index contributed by atoms with van der Waals surface area (Å²) < 4.78 is 31.1. The number of hydrogen-bond donors (Lipinski definition) is 0. The van der Waals surface area contributed by atoms with Gasteiger partial charge in [-0.2, -0.15) is 9.57 Å². The maximum absolute atomic E-state index is 12.5. The van der Waals surface area contributed by atoms with Gasteiger partial charge in [-0.1, -0.05) is 0 Å². The molecule has 0 bridgehead atoms. The van der Waals surface area contributed by atoms with Gasteiger partial charge in [-0.25, -0.2) is 8.42 Å². The summed E-state index contributed by atoms with van der Waals surface area (Å²) in [5.74, 6) is -0.556. The lowest BCUT2D eigenvalue weighted by Gasteiger charge is -2.19. The predicted octanol–water partition coefficient (Wildman–Crippen LogP) is 1.34. The highest BCUT2D eigenvalue weighted by Crippen LogP contribution is 2.34. The van der Waals surface area contributed by atoms with Gasteiger partial charge in [0.2, 0.25) is 0 Å². The molecule has 0 aromatic carbocycles. The molecule has 1 aromatic heterocycles. The van der Waals surface area contributed by atoms with Gasteiger partial charge in [-0.15, -0.1) is 11.3 Å². The van der Waals surface area contributed by atoms with Gasteiger partial charge in [0.05, 0.1) is 6.61 Å². The van der Waals surface area contributed by atoms with Gasteiger partial charge in [-0.05, 0) is 31.9 Å². The molecule has 0 spiro atoms. The molecule has 1 fully saturated rings. The van der Waals surface area contributed by atoms with Crippen molar-refractivity contribution in [3.63, 3.8) is 0 Å². The van der Waals surface area contributed by atoms with Crippen LogP contribution in [0.25, 0.3) is 0 Å². The first kappa shape index (κ1) is 15.0. The van der Waals surface area contributed by atoms with Crippen LogP contribution in [0.2, 0.25) is 0 Å². The third kappa shape index (κ3) is 3.17. The summed E-state index contributed by atoms with van der Waals surface area (Å²) in [7, 11) is -3.74. The Morgan fingerprint density at radius 3 is 2.75 bits per heavy atom. The van der Waals surface area contributed by atoms with E-state index < -0.39 is 16.0 Å². The van der Waals surface area contributed by atoms with E-state index in [0.717, 1.165) is 24.2 Å². The number of nitriles is 1. The van der Waals surface area contributed by atoms with Crippen molar-refractivity contribution in [2.45, 2.75) is 30.0 Å². The quantitative estimate of drug-likeness (QED) is 0.739. The van der Waals surface area contributed by atoms with Crippen molar-refractivity contribution in [3.05, 3.63) is 17.0 Å². The predicted molar refractivity (Wildman–Crippen MR) is 72.6 cm³/mol. The van der Waals surface area contributed by atoms with Crippen molar-refractivity contribution >= 4 is 27.3 Å². The Labute approximate surface area is 121 Å². The zero-order chi connectivity index (χ0) is 14.8. The van der Waals surface area contributed by atoms with Gasteiger partial charge in [0, 0.05) is 6.04 Å². The van der Waals surface area contributed by atoms with Gasteiger partial charge in [-0.3, -0.25) is 4.79 Å². The van der Waals surface area contributed by atoms with E-state index in [0.29, 0.717) is 4.88 Å². The first-order valence-corrected chi connectivity index (χ1v) is 8.42. The maximum atomic E-state index is 12.5. The minimum Gasteiger partial charge on any atom is -0.465 e. The summed E-state index contributed by atoms with van der Waals surface area (Å²) in [6.07, 6.45) is 1.49. The van der Waals surface area contributed by atoms with Crippen molar-refractivity contribution < 1.29 is 17.9 Å². The number of sulfonamides is 1. The molecule has 6 nitrogen and oxygen atoms in total. The van der Waals surface area contributed by atoms with E-state index in [9.17, 15) is 13.2 Å². The zero-order valence-electron chi connectivity index (χ0n) is 10.9. The van der Waals surface area contributed by atoms with E-state index in [4.69, 9.17) is 10.00 Å². The highest BCUT2D eigenvalue weighted by molar-refractivity contribution is 7.91. The van der Waals surface area contributed by atoms with Crippen LogP contribution in [0.3, 0.4) is 0 Å². The lowest BCUT2D eigenvalue weighted by atomic mass is 10.5. The molecule has 0 radical (unpaired) electrons. The summed E-state index contributed by atoms with van der Waals surface area (Å²) in [5.41, 5.74) is 0. The SMILES string of the molecule is CCOC(=O)CN(C1CC1)S(=O)(=O)c1ccc(C#N)s1. The number of ether oxygens (including phenoxy) is 1. The molecular weight excluding hydrogens is 300 g/mol. The van der Waals surface area contributed by atoms with Crippen LogP contribution in [-0.2, 0) is 19.6 Å². The molecule has 1 aliphatic carbocycles. The topological polar surface area (TPSA) is 87.5 Å². The monoisotopic (exact) mass is 314 g/mol. The molecule has 0 N–H and O–H groups in total. The normalized spacial score (nSPS) is 15.1. The Morgan fingerprint density at radius 1 is 1.55 bits per heavy atom. The van der Waals surface area contributed by atoms with Crippen molar-refractivity contribution in [2.75, 3.05) is 13.2 Å². The fourth-order valence-corrected chi connectivity index (χ4v) is 4.60. The molecule has 1 heterocycles. The van der Waals surface area contributed by atoms with Crippen LogP contribution in [-0.4, -0.2) is 37.9 Å². The average molecular weight is 314 g/mol. The fourth-order valence-electron chi connectivity index (χ4n) is 1.74. The summed E-state index contributed by atoms with van der Waals surface area (Å²) in [4.78, 5) is 11.9. The molecule has 0 atom stereocenters. The Bertz CT molecular complexity index is 641. The molecule has 0 amide bonds. The standard InChI is InChI=1S/C12H14N2O4S2/c1-2-18-11(15)8-14(9-3-4-9)20(16,17)12-6-5-10(7-13)19-12/h5-6,9H,2-4,8H2,1H3. The third-order valence-corrected chi connectivity index (χ3v) is 6.15. The van der Waals surface area contributed by atoms with Crippen LogP contribution < -0.4 is 0 Å². The van der Waals surface area contributed by atoms with Crippen molar-refractivity contribution in [3.8, 4) is 6.07 Å². The van der Waals surface area contributed by atoms with E-state index in [1.54, 1.807) is 6.92 Å². The van der Waals surface area contributed by atoms with E-state index >= 15 is 0 Å². The Hall–Kier alpha value is -1.43. The minimum absolute atomic E-state index is 0.0882. The molecule has 1 aliphatic rings. The number of nitrogens with zero attached hydrogens (tertiary/aromatic N) is 2. The molecule has 8 heteroatoms. The average Bonchev–Trinajstić information content (AvgIpc) is 3.11. The number of carbonyl (C=O) groups is 1. The van der Waals surface area contributed by atoms with Crippen molar-refractivity contribution in [1.82, 2.24) is 4.31 Å². The second-order valence-electron chi connectivity index (χ2n) is 4.32. The highest BCUT2D eigenvalue weighted by Gasteiger charge is 2.40. The maximum Gasteiger partial charge on any atom is 0.321 e. The fraction of sp³-hybridized carbons (Fsp3) is 0.500. The van der Waals surface area contributed by atoms with Crippen LogP contribution >= 0.6 is 11.3 Å². The molecule has 1 aromatic rings. The van der Waals surface area contributed by atoms with E-state index in [1.165, 1.54) is 16.4 Å². The van der Waals surface area contributed by atoms with Crippen LogP contribution in [0.4, 0.5) is 0 Å². The largest absolute Gasteiger partial charge is 0.465 e. The second-order valence-corrected chi connectivity index (χ2v) is 7.52. The first-order valence-electron chi connectivity index (χ1n) is 6.16. The Morgan fingerprint density at radius 2 is 2.25 bits per heavy atom. The molecule has 2 rings (SSSR count). The second kappa shape index (κ2) is 5.91. The summed E-state index contributed by atoms with van der Waals surface area (Å²) in [6.45, 7) is 1.61. The number of hydrogen-bond acceptors (Lipinski definition) is 6. The number of carbonyl (C=O) groups excluding carboxylic acids is 1. The Kier molecular flexibility index (Phi) is 4.42. The molecule has 108 valence electrons.